The molecule has 0 saturated carbocycles. The van der Waals surface area contributed by atoms with Crippen molar-refractivity contribution in [1.82, 2.24) is 5.32 Å². The number of amides is 1. The number of morpholine rings is 1. The van der Waals surface area contributed by atoms with Gasteiger partial charge in [0.15, 0.2) is 6.29 Å². The van der Waals surface area contributed by atoms with Gasteiger partial charge in [-0.15, -0.1) is 0 Å². The predicted molar refractivity (Wildman–Crippen MR) is 78.3 cm³/mol. The highest BCUT2D eigenvalue weighted by molar-refractivity contribution is 6.04. The summed E-state index contributed by atoms with van der Waals surface area (Å²) in [5.41, 5.74) is -0.758. The van der Waals surface area contributed by atoms with Crippen molar-refractivity contribution in [2.75, 3.05) is 33.4 Å². The second kappa shape index (κ2) is 6.32. The number of nitrogens with zero attached hydrogens (tertiary/aromatic N) is 1. The number of hydrogen-bond donors (Lipinski definition) is 1. The minimum absolute atomic E-state index is 0.00204. The number of carbonyl (C=O) groups excluding carboxylic acids is 3. The van der Waals surface area contributed by atoms with E-state index in [1.54, 1.807) is 20.9 Å². The third-order valence-corrected chi connectivity index (χ3v) is 3.91. The van der Waals surface area contributed by atoms with Crippen LogP contribution in [0.25, 0.3) is 0 Å². The summed E-state index contributed by atoms with van der Waals surface area (Å²) < 4.78 is 5.50. The Hall–Kier alpha value is -1.79. The number of aldehydes is 1. The molecule has 0 aromatic rings. The zero-order chi connectivity index (χ0) is 16.3. The molecule has 1 aliphatic heterocycles. The Kier molecular flexibility index (Phi) is 5.20. The summed E-state index contributed by atoms with van der Waals surface area (Å²) in [6, 6.07) is 0. The topological polar surface area (TPSA) is 72.5 Å². The molecule has 1 saturated heterocycles. The molecule has 1 N–H and O–H groups in total. The van der Waals surface area contributed by atoms with Gasteiger partial charge in [0, 0.05) is 5.57 Å². The predicted octanol–water partition coefficient (Wildman–Crippen LogP) is 0.196. The molecule has 1 heterocycles. The lowest BCUT2D eigenvalue weighted by atomic mass is 9.93. The van der Waals surface area contributed by atoms with Crippen LogP contribution in [0.5, 0.6) is 0 Å². The molecule has 0 aromatic heterocycles. The van der Waals surface area contributed by atoms with Gasteiger partial charge >= 0.3 is 0 Å². The fourth-order valence-corrected chi connectivity index (χ4v) is 2.43. The number of likely N-dealkylation sites (N-methyl/N-ethyl adjacent to an activating group) is 1. The third-order valence-electron chi connectivity index (χ3n) is 3.91. The number of ether oxygens (including phenoxy) is 1. The van der Waals surface area contributed by atoms with Crippen molar-refractivity contribution in [2.24, 2.45) is 0 Å². The van der Waals surface area contributed by atoms with Gasteiger partial charge in [0.05, 0.1) is 13.7 Å². The van der Waals surface area contributed by atoms with Crippen molar-refractivity contribution in [3.63, 3.8) is 0 Å². The molecule has 0 aromatic carbocycles. The fourth-order valence-electron chi connectivity index (χ4n) is 2.43. The van der Waals surface area contributed by atoms with Crippen LogP contribution in [0.4, 0.5) is 0 Å². The molecule has 0 spiro atoms. The Morgan fingerprint density at radius 3 is 2.43 bits per heavy atom. The Morgan fingerprint density at radius 1 is 1.33 bits per heavy atom. The van der Waals surface area contributed by atoms with E-state index in [0.717, 1.165) is 6.29 Å². The third kappa shape index (κ3) is 3.11. The molecule has 2 unspecified atom stereocenters. The highest BCUT2D eigenvalue weighted by atomic mass is 16.5. The van der Waals surface area contributed by atoms with Gasteiger partial charge in [0.2, 0.25) is 5.78 Å². The summed E-state index contributed by atoms with van der Waals surface area (Å²) in [5, 5.41) is 2.73. The molecule has 116 valence electrons. The average molecular weight is 295 g/mol. The van der Waals surface area contributed by atoms with Gasteiger partial charge in [-0.3, -0.25) is 24.2 Å². The molecule has 6 heteroatoms. The van der Waals surface area contributed by atoms with Crippen LogP contribution in [0.3, 0.4) is 0 Å². The van der Waals surface area contributed by atoms with Crippen molar-refractivity contribution in [2.45, 2.75) is 19.5 Å². The molecule has 21 heavy (non-hydrogen) atoms. The number of rotatable bonds is 6. The Morgan fingerprint density at radius 2 is 1.95 bits per heavy atom. The minimum atomic E-state index is -1.35. The van der Waals surface area contributed by atoms with Gasteiger partial charge in [-0.25, -0.2) is 0 Å². The van der Waals surface area contributed by atoms with E-state index < -0.39 is 11.6 Å². The standard InChI is InChI=1S/C15H22N2O4/c1-11(2)13(19)15(16-14(20)12(3)4)10-21-9-7-17(15,5)6-8-18/h8H,1,3,6-7,9-10H2,2,4-5H3/p+1. The second-order valence-electron chi connectivity index (χ2n) is 5.73. The van der Waals surface area contributed by atoms with Crippen molar-refractivity contribution in [1.29, 1.82) is 0 Å². The van der Waals surface area contributed by atoms with Crippen molar-refractivity contribution in [3.05, 3.63) is 24.3 Å². The van der Waals surface area contributed by atoms with Crippen molar-refractivity contribution >= 4 is 18.0 Å². The van der Waals surface area contributed by atoms with E-state index in [1.165, 1.54) is 0 Å². The van der Waals surface area contributed by atoms with Gasteiger partial charge in [-0.1, -0.05) is 13.2 Å². The number of Topliss-reactive ketones (excluding diaryl/α,β-unsaturated/α-hetero) is 1. The first-order valence-electron chi connectivity index (χ1n) is 6.74. The van der Waals surface area contributed by atoms with E-state index in [1.807, 2.05) is 0 Å². The fraction of sp³-hybridized carbons (Fsp3) is 0.533. The lowest BCUT2D eigenvalue weighted by Crippen LogP contribution is -2.79. The average Bonchev–Trinajstić information content (AvgIpc) is 2.40. The number of hydrogen-bond acceptors (Lipinski definition) is 4. The quantitative estimate of drug-likeness (QED) is 0.431. The van der Waals surface area contributed by atoms with E-state index in [-0.39, 0.29) is 29.0 Å². The number of nitrogens with one attached hydrogen (secondary N) is 1. The van der Waals surface area contributed by atoms with E-state index in [2.05, 4.69) is 18.5 Å². The van der Waals surface area contributed by atoms with Crippen LogP contribution in [0.1, 0.15) is 13.8 Å². The SMILES string of the molecule is C=C(C)C(=O)NC1(C(=O)C(=C)C)COCC[N+]1(C)CC=O. The molecule has 1 rings (SSSR count). The van der Waals surface area contributed by atoms with Crippen LogP contribution < -0.4 is 5.32 Å². The van der Waals surface area contributed by atoms with Crippen LogP contribution in [0, 0.1) is 0 Å². The molecular weight excluding hydrogens is 272 g/mol. The van der Waals surface area contributed by atoms with Crippen LogP contribution in [0.2, 0.25) is 0 Å². The highest BCUT2D eigenvalue weighted by Crippen LogP contribution is 2.28. The molecule has 6 nitrogen and oxygen atoms in total. The number of ketones is 1. The van der Waals surface area contributed by atoms with Crippen LogP contribution in [0.15, 0.2) is 24.3 Å². The van der Waals surface area contributed by atoms with E-state index in [9.17, 15) is 14.4 Å². The molecular formula is C15H23N2O4+. The first kappa shape index (κ1) is 17.3. The molecule has 0 aliphatic carbocycles. The zero-order valence-corrected chi connectivity index (χ0v) is 12.9. The van der Waals surface area contributed by atoms with Gasteiger partial charge in [0.1, 0.15) is 19.7 Å². The van der Waals surface area contributed by atoms with E-state index in [4.69, 9.17) is 4.74 Å². The molecule has 1 fully saturated rings. The van der Waals surface area contributed by atoms with E-state index >= 15 is 0 Å². The van der Waals surface area contributed by atoms with Crippen LogP contribution in [-0.2, 0) is 19.1 Å². The molecule has 2 atom stereocenters. The summed E-state index contributed by atoms with van der Waals surface area (Å²) in [6.07, 6.45) is 0.749. The smallest absolute Gasteiger partial charge is 0.263 e. The largest absolute Gasteiger partial charge is 0.366 e. The van der Waals surface area contributed by atoms with E-state index in [0.29, 0.717) is 18.7 Å². The monoisotopic (exact) mass is 295 g/mol. The molecule has 0 bridgehead atoms. The van der Waals surface area contributed by atoms with Crippen LogP contribution in [-0.4, -0.2) is 61.5 Å². The normalized spacial score (nSPS) is 28.5. The summed E-state index contributed by atoms with van der Waals surface area (Å²) in [7, 11) is 1.76. The van der Waals surface area contributed by atoms with Crippen molar-refractivity contribution < 1.29 is 23.6 Å². The first-order valence-corrected chi connectivity index (χ1v) is 6.74. The summed E-state index contributed by atoms with van der Waals surface area (Å²) >= 11 is 0. The van der Waals surface area contributed by atoms with Gasteiger partial charge in [0.25, 0.3) is 11.6 Å². The maximum Gasteiger partial charge on any atom is 0.263 e. The number of carbonyl (C=O) groups is 3. The zero-order valence-electron chi connectivity index (χ0n) is 12.9. The summed E-state index contributed by atoms with van der Waals surface area (Å²) in [4.78, 5) is 35.9. The second-order valence-corrected chi connectivity index (χ2v) is 5.73. The lowest BCUT2D eigenvalue weighted by molar-refractivity contribution is -0.951. The summed E-state index contributed by atoms with van der Waals surface area (Å²) in [6.45, 7) is 11.4. The number of quaternary nitrogens is 1. The Balaban J connectivity index is 3.36. The minimum Gasteiger partial charge on any atom is -0.366 e. The summed E-state index contributed by atoms with van der Waals surface area (Å²) in [5.74, 6) is -0.772. The lowest BCUT2D eigenvalue weighted by Gasteiger charge is -2.51. The molecule has 1 amide bonds. The highest BCUT2D eigenvalue weighted by Gasteiger charge is 2.57. The maximum atomic E-state index is 12.7. The first-order chi connectivity index (χ1) is 9.70. The Labute approximate surface area is 125 Å². The maximum absolute atomic E-state index is 12.7. The Bertz CT molecular complexity index is 500. The van der Waals surface area contributed by atoms with Gasteiger partial charge in [-0.05, 0) is 19.4 Å². The van der Waals surface area contributed by atoms with Crippen molar-refractivity contribution in [3.8, 4) is 0 Å². The van der Waals surface area contributed by atoms with Gasteiger partial charge in [-0.2, -0.15) is 0 Å². The molecule has 1 aliphatic rings. The molecule has 0 radical (unpaired) electrons. The van der Waals surface area contributed by atoms with Crippen LogP contribution >= 0.6 is 0 Å². The van der Waals surface area contributed by atoms with Gasteiger partial charge < -0.3 is 4.74 Å².